The second kappa shape index (κ2) is 7.51. The maximum absolute atomic E-state index is 13.3. The maximum Gasteiger partial charge on any atom is 0.123 e. The standard InChI is InChI=1S/C26H27FN2O/c27-22-9-11-23(12-10-22)29-24-13-16-25(18-21(24)19-28-29)14-5-2-6-15-26(25,30)17-20-7-3-1-4-8-20/h1,3-4,7-13,16,19,30H,2,5-6,14-15,17-18H2/t25-,26+/m0/s1. The summed E-state index contributed by atoms with van der Waals surface area (Å²) >= 11 is 0. The van der Waals surface area contributed by atoms with Crippen LogP contribution in [0.4, 0.5) is 4.39 Å². The van der Waals surface area contributed by atoms with Crippen molar-refractivity contribution in [1.29, 1.82) is 0 Å². The molecule has 30 heavy (non-hydrogen) atoms. The van der Waals surface area contributed by atoms with Gasteiger partial charge in [0.1, 0.15) is 5.82 Å². The van der Waals surface area contributed by atoms with Crippen LogP contribution in [0.2, 0.25) is 0 Å². The largest absolute Gasteiger partial charge is 0.389 e. The van der Waals surface area contributed by atoms with Crippen molar-refractivity contribution < 1.29 is 9.50 Å². The highest BCUT2D eigenvalue weighted by Gasteiger charge is 2.50. The molecule has 2 aliphatic rings. The number of aliphatic hydroxyl groups is 1. The van der Waals surface area contributed by atoms with Gasteiger partial charge in [0.05, 0.1) is 23.2 Å². The molecular weight excluding hydrogens is 375 g/mol. The van der Waals surface area contributed by atoms with Crippen molar-refractivity contribution in [1.82, 2.24) is 9.78 Å². The molecular formula is C26H27FN2O. The number of aromatic nitrogens is 2. The summed E-state index contributed by atoms with van der Waals surface area (Å²) in [5, 5.41) is 16.6. The van der Waals surface area contributed by atoms with E-state index in [0.29, 0.717) is 6.42 Å². The van der Waals surface area contributed by atoms with Crippen LogP contribution in [-0.2, 0) is 12.8 Å². The number of nitrogens with zero attached hydrogens (tertiary/aromatic N) is 2. The molecule has 1 aromatic heterocycles. The van der Waals surface area contributed by atoms with Gasteiger partial charge in [-0.15, -0.1) is 0 Å². The maximum atomic E-state index is 13.3. The number of hydrogen-bond acceptors (Lipinski definition) is 2. The predicted molar refractivity (Wildman–Crippen MR) is 117 cm³/mol. The second-order valence-electron chi connectivity index (χ2n) is 8.86. The first-order chi connectivity index (χ1) is 14.6. The molecule has 1 fully saturated rings. The first-order valence-corrected chi connectivity index (χ1v) is 10.9. The van der Waals surface area contributed by atoms with E-state index in [-0.39, 0.29) is 11.2 Å². The molecule has 2 atom stereocenters. The van der Waals surface area contributed by atoms with Crippen molar-refractivity contribution >= 4 is 6.08 Å². The van der Waals surface area contributed by atoms with E-state index < -0.39 is 5.60 Å². The summed E-state index contributed by atoms with van der Waals surface area (Å²) in [4.78, 5) is 0. The second-order valence-corrected chi connectivity index (χ2v) is 8.86. The summed E-state index contributed by atoms with van der Waals surface area (Å²) in [7, 11) is 0. The van der Waals surface area contributed by atoms with Crippen molar-refractivity contribution in [3.05, 3.63) is 89.5 Å². The monoisotopic (exact) mass is 402 g/mol. The molecule has 3 aromatic rings. The van der Waals surface area contributed by atoms with Gasteiger partial charge >= 0.3 is 0 Å². The average Bonchev–Trinajstić information content (AvgIpc) is 3.11. The lowest BCUT2D eigenvalue weighted by atomic mass is 9.61. The van der Waals surface area contributed by atoms with Crippen LogP contribution in [-0.4, -0.2) is 20.5 Å². The Morgan fingerprint density at radius 2 is 1.73 bits per heavy atom. The quantitative estimate of drug-likeness (QED) is 0.628. The smallest absolute Gasteiger partial charge is 0.123 e. The number of halogens is 1. The van der Waals surface area contributed by atoms with E-state index in [4.69, 9.17) is 0 Å². The molecule has 0 bridgehead atoms. The van der Waals surface area contributed by atoms with Gasteiger partial charge in [-0.2, -0.15) is 5.10 Å². The Morgan fingerprint density at radius 3 is 2.53 bits per heavy atom. The van der Waals surface area contributed by atoms with Crippen molar-refractivity contribution in [2.45, 2.75) is 50.5 Å². The van der Waals surface area contributed by atoms with Crippen LogP contribution in [0.25, 0.3) is 11.8 Å². The third-order valence-electron chi connectivity index (χ3n) is 7.00. The fraction of sp³-hybridized carbons (Fsp3) is 0.346. The summed E-state index contributed by atoms with van der Waals surface area (Å²) in [6, 6.07) is 16.8. The third-order valence-corrected chi connectivity index (χ3v) is 7.00. The summed E-state index contributed by atoms with van der Waals surface area (Å²) in [5.41, 5.74) is 3.13. The predicted octanol–water partition coefficient (Wildman–Crippen LogP) is 5.51. The highest BCUT2D eigenvalue weighted by atomic mass is 19.1. The lowest BCUT2D eigenvalue weighted by Crippen LogP contribution is -2.50. The van der Waals surface area contributed by atoms with Gasteiger partial charge in [-0.1, -0.05) is 55.7 Å². The van der Waals surface area contributed by atoms with E-state index >= 15 is 0 Å². The molecule has 3 nitrogen and oxygen atoms in total. The molecule has 0 aliphatic heterocycles. The zero-order valence-corrected chi connectivity index (χ0v) is 17.1. The molecule has 0 unspecified atom stereocenters. The molecule has 1 N–H and O–H groups in total. The summed E-state index contributed by atoms with van der Waals surface area (Å²) < 4.78 is 15.2. The Morgan fingerprint density at radius 1 is 0.967 bits per heavy atom. The molecule has 5 rings (SSSR count). The molecule has 2 aromatic carbocycles. The fourth-order valence-electron chi connectivity index (χ4n) is 5.34. The number of hydrogen-bond donors (Lipinski definition) is 1. The topological polar surface area (TPSA) is 38.1 Å². The molecule has 0 saturated heterocycles. The Labute approximate surface area is 176 Å². The van der Waals surface area contributed by atoms with Gasteiger partial charge in [0, 0.05) is 11.8 Å². The number of fused-ring (bicyclic) bond motifs is 1. The third kappa shape index (κ3) is 3.29. The Kier molecular flexibility index (Phi) is 4.82. The van der Waals surface area contributed by atoms with Crippen LogP contribution < -0.4 is 0 Å². The molecule has 4 heteroatoms. The van der Waals surface area contributed by atoms with Gasteiger partial charge in [0.15, 0.2) is 0 Å². The van der Waals surface area contributed by atoms with Gasteiger partial charge < -0.3 is 5.11 Å². The number of rotatable bonds is 3. The Bertz CT molecular complexity index is 1060. The zero-order chi connectivity index (χ0) is 20.6. The van der Waals surface area contributed by atoms with Crippen LogP contribution >= 0.6 is 0 Å². The molecule has 0 amide bonds. The van der Waals surface area contributed by atoms with Gasteiger partial charge in [-0.05, 0) is 60.7 Å². The van der Waals surface area contributed by atoms with Gasteiger partial charge in [0.25, 0.3) is 0 Å². The molecule has 154 valence electrons. The SMILES string of the molecule is O[C@@]1(Cc2ccccc2)CCCCC[C@@]12C=Cc1c(cnn1-c1ccc(F)cc1)C2. The minimum absolute atomic E-state index is 0.251. The van der Waals surface area contributed by atoms with Crippen LogP contribution in [0.1, 0.15) is 48.9 Å². The molecule has 0 radical (unpaired) electrons. The minimum atomic E-state index is -0.781. The van der Waals surface area contributed by atoms with Gasteiger partial charge in [-0.25, -0.2) is 9.07 Å². The van der Waals surface area contributed by atoms with Crippen LogP contribution in [0.5, 0.6) is 0 Å². The van der Waals surface area contributed by atoms with Gasteiger partial charge in [0.2, 0.25) is 0 Å². The van der Waals surface area contributed by atoms with Crippen molar-refractivity contribution in [3.8, 4) is 5.69 Å². The fourth-order valence-corrected chi connectivity index (χ4v) is 5.34. The van der Waals surface area contributed by atoms with E-state index in [2.05, 4.69) is 29.4 Å². The van der Waals surface area contributed by atoms with E-state index in [1.807, 2.05) is 29.1 Å². The first-order valence-electron chi connectivity index (χ1n) is 10.9. The van der Waals surface area contributed by atoms with Gasteiger partial charge in [-0.3, -0.25) is 0 Å². The average molecular weight is 403 g/mol. The lowest BCUT2D eigenvalue weighted by Gasteiger charge is -2.46. The Balaban J connectivity index is 1.52. The van der Waals surface area contributed by atoms with Crippen molar-refractivity contribution in [3.63, 3.8) is 0 Å². The van der Waals surface area contributed by atoms with E-state index in [0.717, 1.165) is 55.5 Å². The van der Waals surface area contributed by atoms with Crippen molar-refractivity contribution in [2.24, 2.45) is 5.41 Å². The molecule has 1 heterocycles. The highest BCUT2D eigenvalue weighted by molar-refractivity contribution is 5.58. The zero-order valence-electron chi connectivity index (χ0n) is 17.1. The summed E-state index contributed by atoms with van der Waals surface area (Å²) in [6.45, 7) is 0. The highest BCUT2D eigenvalue weighted by Crippen LogP contribution is 2.50. The van der Waals surface area contributed by atoms with E-state index in [1.165, 1.54) is 17.7 Å². The van der Waals surface area contributed by atoms with Crippen LogP contribution in [0.3, 0.4) is 0 Å². The van der Waals surface area contributed by atoms with Crippen LogP contribution in [0.15, 0.2) is 66.9 Å². The molecule has 2 aliphatic carbocycles. The molecule has 1 saturated carbocycles. The first kappa shape index (κ1) is 19.3. The summed E-state index contributed by atoms with van der Waals surface area (Å²) in [6.07, 6.45) is 12.9. The van der Waals surface area contributed by atoms with Crippen LogP contribution in [0, 0.1) is 11.2 Å². The minimum Gasteiger partial charge on any atom is -0.389 e. The van der Waals surface area contributed by atoms with E-state index in [9.17, 15) is 9.50 Å². The number of benzene rings is 2. The Hall–Kier alpha value is -2.72. The summed E-state index contributed by atoms with van der Waals surface area (Å²) in [5.74, 6) is -0.251. The lowest BCUT2D eigenvalue weighted by molar-refractivity contribution is -0.0655. The van der Waals surface area contributed by atoms with Crippen molar-refractivity contribution in [2.75, 3.05) is 0 Å². The molecule has 1 spiro atoms. The normalized spacial score (nSPS) is 25.8. The van der Waals surface area contributed by atoms with E-state index in [1.54, 1.807) is 12.1 Å².